The van der Waals surface area contributed by atoms with Crippen LogP contribution in [0.5, 0.6) is 0 Å². The van der Waals surface area contributed by atoms with Gasteiger partial charge in [-0.1, -0.05) is 0 Å². The lowest BCUT2D eigenvalue weighted by molar-refractivity contribution is 0.0958. The summed E-state index contributed by atoms with van der Waals surface area (Å²) in [5, 5.41) is 5.76. The van der Waals surface area contributed by atoms with E-state index < -0.39 is 0 Å². The molecule has 1 saturated heterocycles. The number of pyridine rings is 2. The maximum Gasteiger partial charge on any atom is 0.269 e. The Balaban J connectivity index is 1.31. The number of imidazole rings is 1. The number of hydrogen-bond donors (Lipinski definition) is 3. The molecule has 1 fully saturated rings. The van der Waals surface area contributed by atoms with E-state index in [0.717, 1.165) is 44.2 Å². The molecule has 0 saturated carbocycles. The molecule has 0 radical (unpaired) electrons. The molecule has 9 heteroatoms. The van der Waals surface area contributed by atoms with E-state index in [1.807, 2.05) is 18.3 Å². The molecule has 0 aliphatic carbocycles. The van der Waals surface area contributed by atoms with E-state index in [9.17, 15) is 4.79 Å². The van der Waals surface area contributed by atoms with Crippen molar-refractivity contribution in [3.63, 3.8) is 0 Å². The van der Waals surface area contributed by atoms with Crippen molar-refractivity contribution in [2.45, 2.75) is 6.54 Å². The third kappa shape index (κ3) is 4.69. The zero-order valence-electron chi connectivity index (χ0n) is 16.3. The minimum absolute atomic E-state index is 0.167. The molecule has 3 N–H and O–H groups in total. The predicted octanol–water partition coefficient (Wildman–Crippen LogP) is 1.63. The smallest absolute Gasteiger partial charge is 0.269 e. The topological polar surface area (TPSA) is 102 Å². The van der Waals surface area contributed by atoms with Crippen molar-refractivity contribution >= 4 is 23.4 Å². The molecule has 0 atom stereocenters. The highest BCUT2D eigenvalue weighted by Gasteiger charge is 2.18. The highest BCUT2D eigenvalue weighted by atomic mass is 16.1. The summed E-state index contributed by atoms with van der Waals surface area (Å²) in [6.07, 6.45) is 7.06. The molecule has 3 aromatic heterocycles. The average molecular weight is 392 g/mol. The van der Waals surface area contributed by atoms with Crippen molar-refractivity contribution in [2.24, 2.45) is 0 Å². The Labute approximate surface area is 169 Å². The molecule has 0 bridgehead atoms. The number of carbonyl (C=O) groups is 1. The van der Waals surface area contributed by atoms with E-state index in [-0.39, 0.29) is 5.91 Å². The van der Waals surface area contributed by atoms with Gasteiger partial charge in [-0.3, -0.25) is 9.69 Å². The minimum atomic E-state index is -0.167. The van der Waals surface area contributed by atoms with Crippen LogP contribution in [-0.4, -0.2) is 64.0 Å². The summed E-state index contributed by atoms with van der Waals surface area (Å²) < 4.78 is 0. The molecule has 1 aliphatic rings. The van der Waals surface area contributed by atoms with Gasteiger partial charge in [-0.15, -0.1) is 0 Å². The number of piperazine rings is 1. The van der Waals surface area contributed by atoms with Gasteiger partial charge in [0.1, 0.15) is 11.5 Å². The van der Waals surface area contributed by atoms with Crippen LogP contribution in [0.3, 0.4) is 0 Å². The Morgan fingerprint density at radius 1 is 1.10 bits per heavy atom. The highest BCUT2D eigenvalue weighted by Crippen LogP contribution is 2.18. The third-order valence-corrected chi connectivity index (χ3v) is 4.92. The average Bonchev–Trinajstić information content (AvgIpc) is 3.27. The lowest BCUT2D eigenvalue weighted by atomic mass is 10.2. The van der Waals surface area contributed by atoms with Gasteiger partial charge in [0.2, 0.25) is 5.95 Å². The third-order valence-electron chi connectivity index (χ3n) is 4.92. The summed E-state index contributed by atoms with van der Waals surface area (Å²) in [5.41, 5.74) is 2.69. The van der Waals surface area contributed by atoms with Crippen LogP contribution < -0.4 is 15.5 Å². The molecule has 0 unspecified atom stereocenters. The first-order chi connectivity index (χ1) is 14.2. The number of rotatable bonds is 6. The fourth-order valence-electron chi connectivity index (χ4n) is 3.35. The largest absolute Gasteiger partial charge is 0.368 e. The zero-order chi connectivity index (χ0) is 20.1. The monoisotopic (exact) mass is 392 g/mol. The molecule has 4 heterocycles. The molecule has 0 aromatic carbocycles. The van der Waals surface area contributed by atoms with E-state index in [0.29, 0.717) is 11.6 Å². The number of amides is 1. The second-order valence-corrected chi connectivity index (χ2v) is 6.86. The predicted molar refractivity (Wildman–Crippen MR) is 111 cm³/mol. The van der Waals surface area contributed by atoms with Crippen molar-refractivity contribution in [1.82, 2.24) is 30.2 Å². The van der Waals surface area contributed by atoms with Crippen LogP contribution in [-0.2, 0) is 6.54 Å². The molecule has 29 heavy (non-hydrogen) atoms. The van der Waals surface area contributed by atoms with Gasteiger partial charge in [-0.25, -0.2) is 15.0 Å². The normalized spacial score (nSPS) is 14.6. The number of hydrogen-bond acceptors (Lipinski definition) is 7. The van der Waals surface area contributed by atoms with Crippen LogP contribution in [0.25, 0.3) is 0 Å². The first kappa shape index (κ1) is 18.9. The Bertz CT molecular complexity index is 933. The SMILES string of the molecule is CNC(=O)c1ccc(N2CCN(Cc3ccnc(Nc4ncc[nH]4)c3)CC2)cn1. The van der Waals surface area contributed by atoms with Crippen LogP contribution in [0.15, 0.2) is 49.1 Å². The van der Waals surface area contributed by atoms with E-state index in [4.69, 9.17) is 0 Å². The van der Waals surface area contributed by atoms with Crippen LogP contribution >= 0.6 is 0 Å². The van der Waals surface area contributed by atoms with Crippen LogP contribution in [0.1, 0.15) is 16.1 Å². The van der Waals surface area contributed by atoms with Gasteiger partial charge in [-0.2, -0.15) is 0 Å². The first-order valence-electron chi connectivity index (χ1n) is 9.58. The van der Waals surface area contributed by atoms with Crippen LogP contribution in [0, 0.1) is 0 Å². The first-order valence-corrected chi connectivity index (χ1v) is 9.58. The quantitative estimate of drug-likeness (QED) is 0.586. The number of carbonyl (C=O) groups excluding carboxylic acids is 1. The summed E-state index contributed by atoms with van der Waals surface area (Å²) in [4.78, 5) is 32.1. The maximum absolute atomic E-state index is 11.6. The van der Waals surface area contributed by atoms with Gasteiger partial charge in [0.05, 0.1) is 11.9 Å². The Morgan fingerprint density at radius 3 is 2.66 bits per heavy atom. The molecular formula is C20H24N8O. The van der Waals surface area contributed by atoms with Crippen molar-refractivity contribution < 1.29 is 4.79 Å². The van der Waals surface area contributed by atoms with E-state index in [1.54, 1.807) is 31.7 Å². The van der Waals surface area contributed by atoms with E-state index in [1.165, 1.54) is 5.56 Å². The standard InChI is InChI=1S/C20H24N8O/c1-21-19(29)17-3-2-16(13-25-17)28-10-8-27(9-11-28)14-15-4-5-22-18(12-15)26-20-23-6-7-24-20/h2-7,12-13H,8-11,14H2,1H3,(H,21,29)(H2,22,23,24,26). The fourth-order valence-corrected chi connectivity index (χ4v) is 3.35. The maximum atomic E-state index is 11.6. The number of anilines is 3. The zero-order valence-corrected chi connectivity index (χ0v) is 16.3. The minimum Gasteiger partial charge on any atom is -0.368 e. The van der Waals surface area contributed by atoms with Crippen LogP contribution in [0.4, 0.5) is 17.5 Å². The number of H-pyrrole nitrogens is 1. The molecule has 1 aliphatic heterocycles. The fraction of sp³-hybridized carbons (Fsp3) is 0.300. The summed E-state index contributed by atoms with van der Waals surface area (Å²) in [6.45, 7) is 4.63. The molecule has 4 rings (SSSR count). The number of nitrogens with one attached hydrogen (secondary N) is 3. The van der Waals surface area contributed by atoms with E-state index in [2.05, 4.69) is 46.4 Å². The Morgan fingerprint density at radius 2 is 1.97 bits per heavy atom. The summed E-state index contributed by atoms with van der Waals surface area (Å²) in [6, 6.07) is 7.82. The van der Waals surface area contributed by atoms with Gasteiger partial charge in [0.25, 0.3) is 5.91 Å². The van der Waals surface area contributed by atoms with Crippen LogP contribution in [0.2, 0.25) is 0 Å². The lowest BCUT2D eigenvalue weighted by Crippen LogP contribution is -2.46. The molecule has 3 aromatic rings. The van der Waals surface area contributed by atoms with Crippen molar-refractivity contribution in [2.75, 3.05) is 43.4 Å². The number of aromatic amines is 1. The molecule has 1 amide bonds. The summed E-state index contributed by atoms with van der Waals surface area (Å²) in [5.74, 6) is 1.29. The van der Waals surface area contributed by atoms with Gasteiger partial charge < -0.3 is 20.5 Å². The second kappa shape index (κ2) is 8.70. The van der Waals surface area contributed by atoms with Crippen molar-refractivity contribution in [3.8, 4) is 0 Å². The number of aromatic nitrogens is 4. The lowest BCUT2D eigenvalue weighted by Gasteiger charge is -2.36. The molecule has 9 nitrogen and oxygen atoms in total. The summed E-state index contributed by atoms with van der Waals surface area (Å²) in [7, 11) is 1.61. The molecular weight excluding hydrogens is 368 g/mol. The Hall–Kier alpha value is -3.46. The Kier molecular flexibility index (Phi) is 5.66. The van der Waals surface area contributed by atoms with Gasteiger partial charge in [0.15, 0.2) is 0 Å². The molecule has 0 spiro atoms. The van der Waals surface area contributed by atoms with Crippen molar-refractivity contribution in [1.29, 1.82) is 0 Å². The van der Waals surface area contributed by atoms with Gasteiger partial charge in [0, 0.05) is 58.4 Å². The highest BCUT2D eigenvalue weighted by molar-refractivity contribution is 5.92. The second-order valence-electron chi connectivity index (χ2n) is 6.86. The van der Waals surface area contributed by atoms with Crippen molar-refractivity contribution in [3.05, 3.63) is 60.3 Å². The van der Waals surface area contributed by atoms with E-state index >= 15 is 0 Å². The molecule has 150 valence electrons. The van der Waals surface area contributed by atoms with Gasteiger partial charge >= 0.3 is 0 Å². The summed E-state index contributed by atoms with van der Waals surface area (Å²) >= 11 is 0. The van der Waals surface area contributed by atoms with Gasteiger partial charge in [-0.05, 0) is 29.8 Å². The number of nitrogens with zero attached hydrogens (tertiary/aromatic N) is 5.